The fourth-order valence-electron chi connectivity index (χ4n) is 0.866. The van der Waals surface area contributed by atoms with Crippen LogP contribution in [0.3, 0.4) is 0 Å². The van der Waals surface area contributed by atoms with Crippen molar-refractivity contribution >= 4 is 21.7 Å². The second kappa shape index (κ2) is 4.08. The van der Waals surface area contributed by atoms with Crippen molar-refractivity contribution < 1.29 is 4.79 Å². The van der Waals surface area contributed by atoms with Gasteiger partial charge in [0.05, 0.1) is 0 Å². The molecule has 0 aliphatic heterocycles. The molecule has 0 N–H and O–H groups in total. The zero-order valence-corrected chi connectivity index (χ0v) is 7.97. The van der Waals surface area contributed by atoms with E-state index in [1.54, 1.807) is 0 Å². The van der Waals surface area contributed by atoms with Gasteiger partial charge < -0.3 is 0 Å². The fourth-order valence-corrected chi connectivity index (χ4v) is 1.29. The zero-order valence-electron chi connectivity index (χ0n) is 6.38. The summed E-state index contributed by atoms with van der Waals surface area (Å²) in [6.45, 7) is 0. The third-order valence-corrected chi connectivity index (χ3v) is 2.24. The second-order valence-corrected chi connectivity index (χ2v) is 3.19. The van der Waals surface area contributed by atoms with E-state index in [0.29, 0.717) is 6.42 Å². The minimum Gasteiger partial charge on any atom is -0.285 e. The molecule has 0 atom stereocenters. The van der Waals surface area contributed by atoms with Crippen LogP contribution < -0.4 is 0 Å². The third kappa shape index (κ3) is 2.21. The Morgan fingerprint density at radius 2 is 2.17 bits per heavy atom. The monoisotopic (exact) mass is 222 g/mol. The van der Waals surface area contributed by atoms with Crippen LogP contribution in [0.4, 0.5) is 0 Å². The SMILES string of the molecule is C#CC(=O)Cc1ccccc1Br. The third-order valence-electron chi connectivity index (χ3n) is 1.47. The highest BCUT2D eigenvalue weighted by Crippen LogP contribution is 2.16. The Bertz CT molecular complexity index is 336. The molecule has 0 fully saturated rings. The van der Waals surface area contributed by atoms with Gasteiger partial charge in [0.25, 0.3) is 0 Å². The van der Waals surface area contributed by atoms with Crippen LogP contribution in [-0.4, -0.2) is 5.78 Å². The lowest BCUT2D eigenvalue weighted by molar-refractivity contribution is -0.113. The van der Waals surface area contributed by atoms with Crippen LogP contribution in [0.5, 0.6) is 0 Å². The van der Waals surface area contributed by atoms with Crippen molar-refractivity contribution in [3.8, 4) is 12.3 Å². The highest BCUT2D eigenvalue weighted by atomic mass is 79.9. The highest BCUT2D eigenvalue weighted by Gasteiger charge is 2.02. The van der Waals surface area contributed by atoms with Crippen LogP contribution in [-0.2, 0) is 11.2 Å². The second-order valence-electron chi connectivity index (χ2n) is 2.34. The normalized spacial score (nSPS) is 9.00. The first-order chi connectivity index (χ1) is 5.74. The minimum atomic E-state index is -0.193. The Balaban J connectivity index is 2.84. The molecular formula is C10H7BrO. The molecule has 0 aliphatic rings. The van der Waals surface area contributed by atoms with Gasteiger partial charge in [0.2, 0.25) is 5.78 Å². The van der Waals surface area contributed by atoms with Crippen molar-refractivity contribution in [2.75, 3.05) is 0 Å². The lowest BCUT2D eigenvalue weighted by Gasteiger charge is -1.98. The van der Waals surface area contributed by atoms with E-state index in [0.717, 1.165) is 10.0 Å². The lowest BCUT2D eigenvalue weighted by Crippen LogP contribution is -1.98. The molecular weight excluding hydrogens is 216 g/mol. The average Bonchev–Trinajstić information content (AvgIpc) is 2.09. The molecule has 0 spiro atoms. The summed E-state index contributed by atoms with van der Waals surface area (Å²) < 4.78 is 0.925. The molecule has 0 aromatic heterocycles. The van der Waals surface area contributed by atoms with E-state index in [-0.39, 0.29) is 5.78 Å². The molecule has 0 saturated heterocycles. The smallest absolute Gasteiger partial charge is 0.209 e. The van der Waals surface area contributed by atoms with Crippen molar-refractivity contribution in [2.24, 2.45) is 0 Å². The largest absolute Gasteiger partial charge is 0.285 e. The van der Waals surface area contributed by atoms with Gasteiger partial charge in [0, 0.05) is 10.9 Å². The summed E-state index contributed by atoms with van der Waals surface area (Å²) in [7, 11) is 0. The molecule has 60 valence electrons. The van der Waals surface area contributed by atoms with E-state index >= 15 is 0 Å². The maximum absolute atomic E-state index is 10.9. The summed E-state index contributed by atoms with van der Waals surface area (Å²) in [5.41, 5.74) is 0.931. The number of ketones is 1. The molecule has 0 heterocycles. The van der Waals surface area contributed by atoms with Gasteiger partial charge in [-0.15, -0.1) is 6.42 Å². The van der Waals surface area contributed by atoms with Crippen LogP contribution in [0, 0.1) is 12.3 Å². The summed E-state index contributed by atoms with van der Waals surface area (Å²) in [6, 6.07) is 7.54. The first-order valence-electron chi connectivity index (χ1n) is 3.47. The van der Waals surface area contributed by atoms with Crippen molar-refractivity contribution in [2.45, 2.75) is 6.42 Å². The van der Waals surface area contributed by atoms with Crippen molar-refractivity contribution in [1.82, 2.24) is 0 Å². The van der Waals surface area contributed by atoms with Gasteiger partial charge in [0.1, 0.15) is 0 Å². The fraction of sp³-hybridized carbons (Fsp3) is 0.100. The van der Waals surface area contributed by atoms with Crippen molar-refractivity contribution in [3.05, 3.63) is 34.3 Å². The van der Waals surface area contributed by atoms with E-state index in [2.05, 4.69) is 21.9 Å². The van der Waals surface area contributed by atoms with Crippen LogP contribution >= 0.6 is 15.9 Å². The quantitative estimate of drug-likeness (QED) is 0.554. The number of terminal acetylenes is 1. The van der Waals surface area contributed by atoms with E-state index in [1.807, 2.05) is 24.3 Å². The Kier molecular flexibility index (Phi) is 3.07. The molecule has 12 heavy (non-hydrogen) atoms. The lowest BCUT2D eigenvalue weighted by atomic mass is 10.1. The minimum absolute atomic E-state index is 0.193. The van der Waals surface area contributed by atoms with Gasteiger partial charge in [0.15, 0.2) is 0 Å². The van der Waals surface area contributed by atoms with Gasteiger partial charge in [-0.3, -0.25) is 4.79 Å². The number of hydrogen-bond acceptors (Lipinski definition) is 1. The van der Waals surface area contributed by atoms with E-state index in [9.17, 15) is 4.79 Å². The number of benzene rings is 1. The number of carbonyl (C=O) groups excluding carboxylic acids is 1. The molecule has 0 saturated carbocycles. The first-order valence-corrected chi connectivity index (χ1v) is 4.26. The Morgan fingerprint density at radius 3 is 2.75 bits per heavy atom. The van der Waals surface area contributed by atoms with Gasteiger partial charge >= 0.3 is 0 Å². The maximum Gasteiger partial charge on any atom is 0.209 e. The van der Waals surface area contributed by atoms with E-state index in [1.165, 1.54) is 0 Å². The first kappa shape index (κ1) is 9.02. The molecule has 1 nitrogen and oxygen atoms in total. The Labute approximate surface area is 79.9 Å². The average molecular weight is 223 g/mol. The molecule has 0 amide bonds. The molecule has 0 bridgehead atoms. The molecule has 1 aromatic carbocycles. The van der Waals surface area contributed by atoms with Crippen LogP contribution in [0.25, 0.3) is 0 Å². The van der Waals surface area contributed by atoms with Crippen LogP contribution in [0.1, 0.15) is 5.56 Å². The zero-order chi connectivity index (χ0) is 8.97. The number of hydrogen-bond donors (Lipinski definition) is 0. The predicted molar refractivity (Wildman–Crippen MR) is 51.7 cm³/mol. The predicted octanol–water partition coefficient (Wildman–Crippen LogP) is 2.19. The van der Waals surface area contributed by atoms with E-state index in [4.69, 9.17) is 6.42 Å². The van der Waals surface area contributed by atoms with Crippen molar-refractivity contribution in [1.29, 1.82) is 0 Å². The molecule has 0 radical (unpaired) electrons. The molecule has 1 aromatic rings. The van der Waals surface area contributed by atoms with Crippen LogP contribution in [0.15, 0.2) is 28.7 Å². The summed E-state index contributed by atoms with van der Waals surface area (Å²) in [5, 5.41) is 0. The topological polar surface area (TPSA) is 17.1 Å². The van der Waals surface area contributed by atoms with Crippen LogP contribution in [0.2, 0.25) is 0 Å². The summed E-state index contributed by atoms with van der Waals surface area (Å²) >= 11 is 3.33. The Hall–Kier alpha value is -1.07. The van der Waals surface area contributed by atoms with Gasteiger partial charge in [-0.05, 0) is 17.6 Å². The molecule has 0 unspecified atom stereocenters. The molecule has 1 rings (SSSR count). The standard InChI is InChI=1S/C10H7BrO/c1-2-9(12)7-8-5-3-4-6-10(8)11/h1,3-6H,7H2. The highest BCUT2D eigenvalue weighted by molar-refractivity contribution is 9.10. The maximum atomic E-state index is 10.9. The number of Topliss-reactive ketones (excluding diaryl/α,β-unsaturated/α-hetero) is 1. The molecule has 2 heteroatoms. The summed E-state index contributed by atoms with van der Waals surface area (Å²) in [6.07, 6.45) is 5.26. The molecule has 0 aliphatic carbocycles. The van der Waals surface area contributed by atoms with E-state index < -0.39 is 0 Å². The summed E-state index contributed by atoms with van der Waals surface area (Å²) in [5.74, 6) is 1.89. The number of rotatable bonds is 2. The number of halogens is 1. The van der Waals surface area contributed by atoms with Gasteiger partial charge in [-0.2, -0.15) is 0 Å². The van der Waals surface area contributed by atoms with Gasteiger partial charge in [-0.25, -0.2) is 0 Å². The summed E-state index contributed by atoms with van der Waals surface area (Å²) in [4.78, 5) is 10.9. The van der Waals surface area contributed by atoms with Gasteiger partial charge in [-0.1, -0.05) is 34.1 Å². The van der Waals surface area contributed by atoms with Crippen molar-refractivity contribution in [3.63, 3.8) is 0 Å². The Morgan fingerprint density at radius 1 is 1.50 bits per heavy atom. The number of carbonyl (C=O) groups is 1.